The molecule has 3 heterocycles. The zero-order chi connectivity index (χ0) is 22.2. The first kappa shape index (κ1) is 19.6. The molecule has 6 nitrogen and oxygen atoms in total. The van der Waals surface area contributed by atoms with Crippen LogP contribution in [0.5, 0.6) is 11.8 Å². The van der Waals surface area contributed by atoms with Crippen LogP contribution in [0, 0.1) is 32.0 Å². The molecule has 3 aromatic rings. The van der Waals surface area contributed by atoms with Gasteiger partial charge in [-0.1, -0.05) is 0 Å². The third-order valence-corrected chi connectivity index (χ3v) is 7.57. The van der Waals surface area contributed by atoms with Crippen LogP contribution in [-0.2, 0) is 6.42 Å². The molecule has 2 N–H and O–H groups in total. The third kappa shape index (κ3) is 2.84. The Kier molecular flexibility index (Phi) is 4.12. The minimum absolute atomic E-state index is 0.191. The van der Waals surface area contributed by atoms with Crippen molar-refractivity contribution in [2.24, 2.45) is 11.1 Å². The van der Waals surface area contributed by atoms with E-state index < -0.39 is 0 Å². The molecule has 32 heavy (non-hydrogen) atoms. The van der Waals surface area contributed by atoms with Crippen molar-refractivity contribution >= 4 is 5.82 Å². The molecule has 164 valence electrons. The van der Waals surface area contributed by atoms with Gasteiger partial charge in [0.05, 0.1) is 11.9 Å². The maximum Gasteiger partial charge on any atom is 0.324 e. The van der Waals surface area contributed by atoms with Gasteiger partial charge in [-0.25, -0.2) is 4.39 Å². The Labute approximate surface area is 186 Å². The number of aromatic nitrogens is 3. The minimum atomic E-state index is -0.234. The zero-order valence-corrected chi connectivity index (χ0v) is 18.6. The number of aryl methyl sites for hydroxylation is 3. The van der Waals surface area contributed by atoms with Gasteiger partial charge in [0, 0.05) is 42.2 Å². The molecule has 3 aliphatic rings. The molecule has 0 unspecified atom stereocenters. The SMILES string of the molecule is Cc1cc(Oc2nc3c(c(N4CC5(CC[C@H]5N)C4)n2)-c2cc(F)cc(C)c2C3)cnc1C. The van der Waals surface area contributed by atoms with Crippen molar-refractivity contribution in [3.63, 3.8) is 0 Å². The molecule has 1 aliphatic heterocycles. The van der Waals surface area contributed by atoms with Crippen LogP contribution in [0.4, 0.5) is 10.2 Å². The minimum Gasteiger partial charge on any atom is -0.423 e. The van der Waals surface area contributed by atoms with Gasteiger partial charge in [0.25, 0.3) is 0 Å². The Morgan fingerprint density at radius 1 is 1.12 bits per heavy atom. The van der Waals surface area contributed by atoms with Gasteiger partial charge in [-0.05, 0) is 74.1 Å². The smallest absolute Gasteiger partial charge is 0.324 e. The molecule has 1 saturated heterocycles. The molecule has 7 heteroatoms. The van der Waals surface area contributed by atoms with E-state index in [1.54, 1.807) is 18.3 Å². The summed E-state index contributed by atoms with van der Waals surface area (Å²) in [6.45, 7) is 7.65. The van der Waals surface area contributed by atoms with Crippen LogP contribution in [0.1, 0.15) is 40.9 Å². The average Bonchev–Trinajstić information content (AvgIpc) is 3.07. The lowest BCUT2D eigenvalue weighted by atomic mass is 9.60. The molecule has 0 radical (unpaired) electrons. The monoisotopic (exact) mass is 431 g/mol. The van der Waals surface area contributed by atoms with E-state index >= 15 is 0 Å². The lowest BCUT2D eigenvalue weighted by molar-refractivity contribution is 0.0558. The van der Waals surface area contributed by atoms with Crippen LogP contribution in [0.15, 0.2) is 24.4 Å². The third-order valence-electron chi connectivity index (χ3n) is 7.57. The quantitative estimate of drug-likeness (QED) is 0.523. The molecule has 0 amide bonds. The number of fused-ring (bicyclic) bond motifs is 3. The van der Waals surface area contributed by atoms with Crippen LogP contribution in [-0.4, -0.2) is 34.1 Å². The topological polar surface area (TPSA) is 77.2 Å². The maximum atomic E-state index is 14.3. The fourth-order valence-electron chi connectivity index (χ4n) is 5.30. The number of ether oxygens (including phenoxy) is 1. The van der Waals surface area contributed by atoms with Gasteiger partial charge in [-0.15, -0.1) is 0 Å². The molecule has 0 bridgehead atoms. The maximum absolute atomic E-state index is 14.3. The summed E-state index contributed by atoms with van der Waals surface area (Å²) in [5, 5.41) is 0. The summed E-state index contributed by atoms with van der Waals surface area (Å²) >= 11 is 0. The van der Waals surface area contributed by atoms with Crippen LogP contribution in [0.25, 0.3) is 11.1 Å². The molecule has 1 saturated carbocycles. The van der Waals surface area contributed by atoms with Gasteiger partial charge >= 0.3 is 6.01 Å². The predicted molar refractivity (Wildman–Crippen MR) is 121 cm³/mol. The highest BCUT2D eigenvalue weighted by Gasteiger charge is 2.54. The first-order chi connectivity index (χ1) is 15.3. The molecule has 2 fully saturated rings. The Bertz CT molecular complexity index is 1270. The van der Waals surface area contributed by atoms with Crippen molar-refractivity contribution in [2.75, 3.05) is 18.0 Å². The van der Waals surface area contributed by atoms with E-state index in [0.717, 1.165) is 71.0 Å². The van der Waals surface area contributed by atoms with E-state index in [-0.39, 0.29) is 17.3 Å². The standard InChI is InChI=1S/C25H26FN5O/c1-13-7-17(10-28-15(13)3)32-24-29-20-9-18-14(2)6-16(26)8-19(18)22(20)23(30-24)31-11-25(12-31)5-4-21(25)27/h6-8,10,21H,4-5,9,11-12,27H2,1-3H3/t21-/m1/s1. The van der Waals surface area contributed by atoms with E-state index in [4.69, 9.17) is 20.4 Å². The van der Waals surface area contributed by atoms with Crippen molar-refractivity contribution in [1.82, 2.24) is 15.0 Å². The Hall–Kier alpha value is -3.06. The van der Waals surface area contributed by atoms with E-state index in [1.165, 1.54) is 0 Å². The van der Waals surface area contributed by atoms with Gasteiger partial charge in [-0.3, -0.25) is 4.98 Å². The first-order valence-electron chi connectivity index (χ1n) is 11.1. The second kappa shape index (κ2) is 6.72. The summed E-state index contributed by atoms with van der Waals surface area (Å²) in [4.78, 5) is 16.2. The number of nitrogens with zero attached hydrogens (tertiary/aromatic N) is 4. The number of benzene rings is 1. The summed E-state index contributed by atoms with van der Waals surface area (Å²) in [5.74, 6) is 1.19. The average molecular weight is 432 g/mol. The zero-order valence-electron chi connectivity index (χ0n) is 18.6. The van der Waals surface area contributed by atoms with Gasteiger partial charge in [0.2, 0.25) is 0 Å². The first-order valence-corrected chi connectivity index (χ1v) is 11.1. The fourth-order valence-corrected chi connectivity index (χ4v) is 5.30. The highest BCUT2D eigenvalue weighted by molar-refractivity contribution is 5.86. The molecule has 2 aromatic heterocycles. The Balaban J connectivity index is 1.43. The number of halogens is 1. The molecule has 2 aliphatic carbocycles. The van der Waals surface area contributed by atoms with Gasteiger partial charge < -0.3 is 15.4 Å². The van der Waals surface area contributed by atoms with Crippen molar-refractivity contribution in [3.8, 4) is 22.9 Å². The summed E-state index contributed by atoms with van der Waals surface area (Å²) in [7, 11) is 0. The largest absolute Gasteiger partial charge is 0.423 e. The van der Waals surface area contributed by atoms with E-state index in [0.29, 0.717) is 18.2 Å². The number of anilines is 1. The second-order valence-electron chi connectivity index (χ2n) is 9.62. The van der Waals surface area contributed by atoms with Crippen LogP contribution in [0.2, 0.25) is 0 Å². The summed E-state index contributed by atoms with van der Waals surface area (Å²) < 4.78 is 20.4. The molecule has 1 spiro atoms. The van der Waals surface area contributed by atoms with Crippen molar-refractivity contribution in [2.45, 2.75) is 46.1 Å². The van der Waals surface area contributed by atoms with Crippen LogP contribution in [0.3, 0.4) is 0 Å². The number of rotatable bonds is 3. The van der Waals surface area contributed by atoms with E-state index in [9.17, 15) is 4.39 Å². The van der Waals surface area contributed by atoms with Crippen LogP contribution >= 0.6 is 0 Å². The second-order valence-corrected chi connectivity index (χ2v) is 9.62. The van der Waals surface area contributed by atoms with Crippen LogP contribution < -0.4 is 15.4 Å². The van der Waals surface area contributed by atoms with Crippen molar-refractivity contribution in [3.05, 3.63) is 58.3 Å². The highest BCUT2D eigenvalue weighted by Crippen LogP contribution is 2.52. The van der Waals surface area contributed by atoms with Crippen molar-refractivity contribution < 1.29 is 9.13 Å². The summed E-state index contributed by atoms with van der Waals surface area (Å²) in [6, 6.07) is 5.69. The number of hydrogen-bond acceptors (Lipinski definition) is 6. The molecule has 1 atom stereocenters. The normalized spacial score (nSPS) is 19.9. The van der Waals surface area contributed by atoms with E-state index in [2.05, 4.69) is 9.88 Å². The molecular weight excluding hydrogens is 405 g/mol. The Morgan fingerprint density at radius 3 is 2.62 bits per heavy atom. The number of nitrogens with two attached hydrogens (primary N) is 1. The number of pyridine rings is 1. The van der Waals surface area contributed by atoms with E-state index in [1.807, 2.05) is 26.8 Å². The van der Waals surface area contributed by atoms with Crippen molar-refractivity contribution in [1.29, 1.82) is 0 Å². The lowest BCUT2D eigenvalue weighted by Gasteiger charge is -2.60. The Morgan fingerprint density at radius 2 is 1.94 bits per heavy atom. The summed E-state index contributed by atoms with van der Waals surface area (Å²) in [6.07, 6.45) is 4.57. The highest BCUT2D eigenvalue weighted by atomic mass is 19.1. The fraction of sp³-hybridized carbons (Fsp3) is 0.400. The van der Waals surface area contributed by atoms with Gasteiger partial charge in [0.1, 0.15) is 17.4 Å². The molecule has 6 rings (SSSR count). The van der Waals surface area contributed by atoms with Gasteiger partial charge in [-0.2, -0.15) is 9.97 Å². The molecule has 1 aromatic carbocycles. The van der Waals surface area contributed by atoms with Gasteiger partial charge in [0.15, 0.2) is 0 Å². The summed E-state index contributed by atoms with van der Waals surface area (Å²) in [5.41, 5.74) is 13.3. The molecular formula is C25H26FN5O. The lowest BCUT2D eigenvalue weighted by Crippen LogP contribution is -2.69. The predicted octanol–water partition coefficient (Wildman–Crippen LogP) is 4.23. The number of hydrogen-bond donors (Lipinski definition) is 1.